The van der Waals surface area contributed by atoms with E-state index in [1.54, 1.807) is 7.11 Å². The number of rotatable bonds is 6. The van der Waals surface area contributed by atoms with Crippen LogP contribution < -0.4 is 5.32 Å². The average Bonchev–Trinajstić information content (AvgIpc) is 3.12. The molecule has 0 aromatic heterocycles. The highest BCUT2D eigenvalue weighted by atomic mass is 16.5. The topological polar surface area (TPSA) is 40.1 Å². The van der Waals surface area contributed by atoms with Crippen LogP contribution in [0.15, 0.2) is 29.3 Å². The van der Waals surface area contributed by atoms with Gasteiger partial charge < -0.3 is 15.0 Å². The summed E-state index contributed by atoms with van der Waals surface area (Å²) in [5, 5.41) is 3.52. The Morgan fingerprint density at radius 2 is 1.93 bits per heavy atom. The van der Waals surface area contributed by atoms with Crippen molar-refractivity contribution >= 4 is 5.96 Å². The van der Waals surface area contributed by atoms with Gasteiger partial charge in [0.2, 0.25) is 0 Å². The fourth-order valence-electron chi connectivity index (χ4n) is 4.36. The van der Waals surface area contributed by atoms with Crippen molar-refractivity contribution in [3.05, 3.63) is 35.4 Å². The van der Waals surface area contributed by atoms with Crippen LogP contribution in [-0.4, -0.2) is 62.7 Å². The standard InChI is InChI=1S/C22H36N4O/c1-18-5-4-11-25(14-18)15-20-8-6-19(7-9-20)13-24-22(23-2)26-12-10-21(16-26)17-27-3/h6-9,18,21H,4-5,10-17H2,1-3H3,(H,23,24). The van der Waals surface area contributed by atoms with Crippen molar-refractivity contribution in [1.29, 1.82) is 0 Å². The Morgan fingerprint density at radius 1 is 1.15 bits per heavy atom. The summed E-state index contributed by atoms with van der Waals surface area (Å²) in [6.07, 6.45) is 3.90. The van der Waals surface area contributed by atoms with Crippen LogP contribution >= 0.6 is 0 Å². The zero-order valence-corrected chi connectivity index (χ0v) is 17.3. The second kappa shape index (κ2) is 10.1. The van der Waals surface area contributed by atoms with Crippen molar-refractivity contribution in [3.63, 3.8) is 0 Å². The Kier molecular flexibility index (Phi) is 7.53. The van der Waals surface area contributed by atoms with E-state index < -0.39 is 0 Å². The molecule has 3 rings (SSSR count). The molecule has 150 valence electrons. The van der Waals surface area contributed by atoms with Crippen LogP contribution in [0.2, 0.25) is 0 Å². The Hall–Kier alpha value is -1.59. The molecule has 0 bridgehead atoms. The van der Waals surface area contributed by atoms with Gasteiger partial charge in [0.05, 0.1) is 6.61 Å². The first-order valence-electron chi connectivity index (χ1n) is 10.4. The molecule has 2 aliphatic rings. The second-order valence-electron chi connectivity index (χ2n) is 8.26. The minimum atomic E-state index is 0.616. The molecule has 1 aromatic rings. The molecule has 1 aromatic carbocycles. The van der Waals surface area contributed by atoms with Crippen LogP contribution in [0.1, 0.15) is 37.3 Å². The first kappa shape index (κ1) is 20.2. The van der Waals surface area contributed by atoms with Gasteiger partial charge in [-0.25, -0.2) is 0 Å². The summed E-state index contributed by atoms with van der Waals surface area (Å²) in [6.45, 7) is 9.66. The lowest BCUT2D eigenvalue weighted by atomic mass is 9.99. The zero-order valence-electron chi connectivity index (χ0n) is 17.3. The molecule has 2 atom stereocenters. The Labute approximate surface area is 164 Å². The predicted octanol–water partition coefficient (Wildman–Crippen LogP) is 2.96. The van der Waals surface area contributed by atoms with E-state index in [0.717, 1.165) is 44.7 Å². The van der Waals surface area contributed by atoms with Crippen LogP contribution in [0.5, 0.6) is 0 Å². The highest BCUT2D eigenvalue weighted by molar-refractivity contribution is 5.80. The highest BCUT2D eigenvalue weighted by Gasteiger charge is 2.24. The van der Waals surface area contributed by atoms with E-state index >= 15 is 0 Å². The van der Waals surface area contributed by atoms with Gasteiger partial charge in [-0.2, -0.15) is 0 Å². The minimum absolute atomic E-state index is 0.616. The summed E-state index contributed by atoms with van der Waals surface area (Å²) < 4.78 is 5.30. The van der Waals surface area contributed by atoms with E-state index in [0.29, 0.717) is 5.92 Å². The molecule has 0 spiro atoms. The lowest BCUT2D eigenvalue weighted by Gasteiger charge is -2.30. The fraction of sp³-hybridized carbons (Fsp3) is 0.682. The summed E-state index contributed by atoms with van der Waals surface area (Å²) in [5.74, 6) is 2.45. The normalized spacial score (nSPS) is 24.4. The van der Waals surface area contributed by atoms with E-state index in [2.05, 4.69) is 51.3 Å². The third kappa shape index (κ3) is 5.94. The van der Waals surface area contributed by atoms with Crippen molar-refractivity contribution < 1.29 is 4.74 Å². The van der Waals surface area contributed by atoms with Crippen LogP contribution in [0, 0.1) is 11.8 Å². The molecule has 5 nitrogen and oxygen atoms in total. The van der Waals surface area contributed by atoms with E-state index in [-0.39, 0.29) is 0 Å². The number of nitrogens with one attached hydrogen (secondary N) is 1. The van der Waals surface area contributed by atoms with Gasteiger partial charge in [0.15, 0.2) is 5.96 Å². The van der Waals surface area contributed by atoms with Crippen LogP contribution in [0.4, 0.5) is 0 Å². The summed E-state index contributed by atoms with van der Waals surface area (Å²) in [7, 11) is 3.65. The van der Waals surface area contributed by atoms with Gasteiger partial charge in [-0.15, -0.1) is 0 Å². The molecule has 5 heteroatoms. The maximum atomic E-state index is 5.30. The predicted molar refractivity (Wildman–Crippen MR) is 112 cm³/mol. The summed E-state index contributed by atoms with van der Waals surface area (Å²) in [4.78, 5) is 9.40. The quantitative estimate of drug-likeness (QED) is 0.616. The molecule has 0 saturated carbocycles. The summed E-state index contributed by atoms with van der Waals surface area (Å²) in [5.41, 5.74) is 2.72. The molecule has 0 aliphatic carbocycles. The van der Waals surface area contributed by atoms with Crippen molar-refractivity contribution in [2.75, 3.05) is 46.9 Å². The van der Waals surface area contributed by atoms with Gasteiger partial charge in [-0.3, -0.25) is 9.89 Å². The Morgan fingerprint density at radius 3 is 2.63 bits per heavy atom. The number of ether oxygens (including phenoxy) is 1. The number of hydrogen-bond donors (Lipinski definition) is 1. The molecule has 0 radical (unpaired) electrons. The Bertz CT molecular complexity index is 601. The molecule has 0 amide bonds. The maximum absolute atomic E-state index is 5.30. The fourth-order valence-corrected chi connectivity index (χ4v) is 4.36. The number of nitrogens with zero attached hydrogens (tertiary/aromatic N) is 3. The average molecular weight is 373 g/mol. The third-order valence-corrected chi connectivity index (χ3v) is 5.82. The molecule has 2 fully saturated rings. The molecule has 2 heterocycles. The van der Waals surface area contributed by atoms with E-state index in [4.69, 9.17) is 4.74 Å². The third-order valence-electron chi connectivity index (χ3n) is 5.82. The van der Waals surface area contributed by atoms with E-state index in [1.807, 2.05) is 7.05 Å². The van der Waals surface area contributed by atoms with Gasteiger partial charge >= 0.3 is 0 Å². The highest BCUT2D eigenvalue weighted by Crippen LogP contribution is 2.18. The van der Waals surface area contributed by atoms with Gasteiger partial charge in [-0.05, 0) is 42.9 Å². The molecule has 2 unspecified atom stereocenters. The number of aliphatic imine (C=N–C) groups is 1. The van der Waals surface area contributed by atoms with Crippen molar-refractivity contribution in [3.8, 4) is 0 Å². The van der Waals surface area contributed by atoms with Crippen molar-refractivity contribution in [2.45, 2.75) is 39.3 Å². The van der Waals surface area contributed by atoms with Gasteiger partial charge in [0.25, 0.3) is 0 Å². The number of methoxy groups -OCH3 is 1. The monoisotopic (exact) mass is 372 g/mol. The first-order valence-corrected chi connectivity index (χ1v) is 10.4. The van der Waals surface area contributed by atoms with Crippen molar-refractivity contribution in [1.82, 2.24) is 15.1 Å². The molecule has 27 heavy (non-hydrogen) atoms. The molecular formula is C22H36N4O. The zero-order chi connectivity index (χ0) is 19.1. The Balaban J connectivity index is 1.46. The largest absolute Gasteiger partial charge is 0.384 e. The second-order valence-corrected chi connectivity index (χ2v) is 8.26. The summed E-state index contributed by atoms with van der Waals surface area (Å²) >= 11 is 0. The first-order chi connectivity index (χ1) is 13.2. The van der Waals surface area contributed by atoms with Gasteiger partial charge in [0.1, 0.15) is 0 Å². The lowest BCUT2D eigenvalue weighted by Crippen LogP contribution is -2.39. The van der Waals surface area contributed by atoms with E-state index in [1.165, 1.54) is 43.5 Å². The lowest BCUT2D eigenvalue weighted by molar-refractivity contribution is 0.157. The number of benzene rings is 1. The number of guanidine groups is 1. The molecule has 1 N–H and O–H groups in total. The van der Waals surface area contributed by atoms with Crippen LogP contribution in [0.25, 0.3) is 0 Å². The minimum Gasteiger partial charge on any atom is -0.384 e. The van der Waals surface area contributed by atoms with E-state index in [9.17, 15) is 0 Å². The van der Waals surface area contributed by atoms with Crippen LogP contribution in [0.3, 0.4) is 0 Å². The van der Waals surface area contributed by atoms with Gasteiger partial charge in [-0.1, -0.05) is 31.2 Å². The van der Waals surface area contributed by atoms with Crippen molar-refractivity contribution in [2.24, 2.45) is 16.8 Å². The number of hydrogen-bond acceptors (Lipinski definition) is 3. The maximum Gasteiger partial charge on any atom is 0.193 e. The SMILES string of the molecule is CN=C(NCc1ccc(CN2CCCC(C)C2)cc1)N1CCC(COC)C1. The smallest absolute Gasteiger partial charge is 0.193 e. The van der Waals surface area contributed by atoms with Crippen LogP contribution in [-0.2, 0) is 17.8 Å². The number of piperidine rings is 1. The molecule has 2 saturated heterocycles. The molecular weight excluding hydrogens is 336 g/mol. The number of likely N-dealkylation sites (tertiary alicyclic amines) is 2. The van der Waals surface area contributed by atoms with Gasteiger partial charge in [0, 0.05) is 52.8 Å². The molecule has 2 aliphatic heterocycles. The summed E-state index contributed by atoms with van der Waals surface area (Å²) in [6, 6.07) is 9.06.